The van der Waals surface area contributed by atoms with Crippen molar-refractivity contribution in [2.45, 2.75) is 39.0 Å². The highest BCUT2D eigenvalue weighted by Crippen LogP contribution is 2.27. The number of ether oxygens (including phenoxy) is 1. The second-order valence-corrected chi connectivity index (χ2v) is 8.34. The molecule has 1 amide bonds. The molecule has 3 aromatic rings. The fraction of sp³-hybridized carbons (Fsp3) is 0.250. The van der Waals surface area contributed by atoms with E-state index in [-0.39, 0.29) is 30.0 Å². The van der Waals surface area contributed by atoms with Gasteiger partial charge in [-0.15, -0.1) is 0 Å². The van der Waals surface area contributed by atoms with E-state index in [4.69, 9.17) is 32.4 Å². The molecule has 0 aliphatic carbocycles. The molecule has 32 heavy (non-hydrogen) atoms. The van der Waals surface area contributed by atoms with E-state index in [9.17, 15) is 14.7 Å². The average molecular weight is 476 g/mol. The highest BCUT2D eigenvalue weighted by atomic mass is 35.5. The Morgan fingerprint density at radius 3 is 2.53 bits per heavy atom. The molecule has 3 rings (SSSR count). The van der Waals surface area contributed by atoms with Crippen LogP contribution in [0, 0.1) is 0 Å². The molecule has 1 atom stereocenters. The Labute approximate surface area is 196 Å². The van der Waals surface area contributed by atoms with Gasteiger partial charge in [0.05, 0.1) is 23.0 Å². The summed E-state index contributed by atoms with van der Waals surface area (Å²) in [4.78, 5) is 24.2. The van der Waals surface area contributed by atoms with Crippen LogP contribution in [0.4, 0.5) is 0 Å². The van der Waals surface area contributed by atoms with Crippen LogP contribution in [0.1, 0.15) is 35.3 Å². The highest BCUT2D eigenvalue weighted by Gasteiger charge is 2.21. The van der Waals surface area contributed by atoms with E-state index in [0.29, 0.717) is 16.3 Å². The maximum atomic E-state index is 12.7. The number of amides is 1. The Hall–Kier alpha value is -2.80. The topological polar surface area (TPSA) is 88.8 Å². The first-order valence-corrected chi connectivity index (χ1v) is 10.8. The number of carboxylic acids is 1. The number of benzene rings is 2. The Morgan fingerprint density at radius 1 is 1.12 bits per heavy atom. The van der Waals surface area contributed by atoms with Gasteiger partial charge in [0.25, 0.3) is 5.91 Å². The fourth-order valence-corrected chi connectivity index (χ4v) is 3.77. The lowest BCUT2D eigenvalue weighted by Crippen LogP contribution is -2.29. The van der Waals surface area contributed by atoms with Gasteiger partial charge in [0.15, 0.2) is 6.10 Å². The van der Waals surface area contributed by atoms with Gasteiger partial charge < -0.3 is 19.6 Å². The summed E-state index contributed by atoms with van der Waals surface area (Å²) in [6.45, 7) is 3.77. The number of nitrogens with one attached hydrogen (secondary N) is 1. The lowest BCUT2D eigenvalue weighted by molar-refractivity contribution is -0.153. The lowest BCUT2D eigenvalue weighted by Gasteiger charge is -2.18. The molecular formula is C24H23Cl2NO5. The third-order valence-electron chi connectivity index (χ3n) is 4.70. The minimum absolute atomic E-state index is 0.185. The van der Waals surface area contributed by atoms with Gasteiger partial charge in [0.2, 0.25) is 0 Å². The van der Waals surface area contributed by atoms with E-state index < -0.39 is 12.1 Å². The molecule has 2 N–H and O–H groups in total. The first kappa shape index (κ1) is 23.9. The fourth-order valence-electron chi connectivity index (χ4n) is 3.27. The Kier molecular flexibility index (Phi) is 7.96. The van der Waals surface area contributed by atoms with Gasteiger partial charge in [0.1, 0.15) is 5.76 Å². The largest absolute Gasteiger partial charge is 0.479 e. The van der Waals surface area contributed by atoms with Gasteiger partial charge in [-0.25, -0.2) is 4.79 Å². The van der Waals surface area contributed by atoms with E-state index in [0.717, 1.165) is 16.7 Å². The zero-order valence-electron chi connectivity index (χ0n) is 17.6. The first-order chi connectivity index (χ1) is 15.2. The van der Waals surface area contributed by atoms with Crippen LogP contribution >= 0.6 is 23.2 Å². The summed E-state index contributed by atoms with van der Waals surface area (Å²) in [6.07, 6.45) is 0.563. The number of halogens is 2. The predicted molar refractivity (Wildman–Crippen MR) is 123 cm³/mol. The average Bonchev–Trinajstić information content (AvgIpc) is 3.26. The van der Waals surface area contributed by atoms with Crippen molar-refractivity contribution in [3.63, 3.8) is 0 Å². The Bertz CT molecular complexity index is 1100. The van der Waals surface area contributed by atoms with Gasteiger partial charge >= 0.3 is 5.97 Å². The molecule has 0 radical (unpaired) electrons. The summed E-state index contributed by atoms with van der Waals surface area (Å²) < 4.78 is 11.1. The summed E-state index contributed by atoms with van der Waals surface area (Å²) in [5, 5.41) is 13.0. The molecule has 1 heterocycles. The lowest BCUT2D eigenvalue weighted by atomic mass is 9.98. The number of hydrogen-bond acceptors (Lipinski definition) is 4. The number of carboxylic acid groups (broad SMARTS) is 1. The molecule has 0 spiro atoms. The molecule has 0 aliphatic rings. The van der Waals surface area contributed by atoms with Crippen molar-refractivity contribution in [3.8, 4) is 11.3 Å². The number of rotatable bonds is 9. The Morgan fingerprint density at radius 2 is 1.91 bits per heavy atom. The molecule has 168 valence electrons. The monoisotopic (exact) mass is 475 g/mol. The van der Waals surface area contributed by atoms with Crippen LogP contribution < -0.4 is 5.32 Å². The summed E-state index contributed by atoms with van der Waals surface area (Å²) >= 11 is 12.0. The number of hydrogen-bond donors (Lipinski definition) is 2. The molecule has 2 aromatic carbocycles. The first-order valence-electron chi connectivity index (χ1n) is 10.0. The quantitative estimate of drug-likeness (QED) is 0.420. The van der Waals surface area contributed by atoms with Crippen LogP contribution in [0.3, 0.4) is 0 Å². The van der Waals surface area contributed by atoms with Crippen LogP contribution in [0.2, 0.25) is 10.0 Å². The zero-order chi connectivity index (χ0) is 23.3. The standard InChI is InChI=1S/C24H23Cl2NO5/c1-14(2)32-22(24(29)30)11-15-5-7-18(21-4-3-9-31-21)16(10-15)13-27-23(28)19-8-6-17(25)12-20(19)26/h3-10,12,14,22H,11,13H2,1-2H3,(H,27,28)(H,29,30). The van der Waals surface area contributed by atoms with Crippen molar-refractivity contribution in [2.24, 2.45) is 0 Å². The van der Waals surface area contributed by atoms with Crippen LogP contribution in [0.25, 0.3) is 11.3 Å². The summed E-state index contributed by atoms with van der Waals surface area (Å²) in [5.74, 6) is -0.742. The third-order valence-corrected chi connectivity index (χ3v) is 5.25. The molecule has 8 heteroatoms. The van der Waals surface area contributed by atoms with E-state index in [1.54, 1.807) is 38.3 Å². The third kappa shape index (κ3) is 6.13. The van der Waals surface area contributed by atoms with Gasteiger partial charge in [-0.05, 0) is 55.3 Å². The maximum absolute atomic E-state index is 12.7. The number of carbonyl (C=O) groups excluding carboxylic acids is 1. The number of furan rings is 1. The molecule has 0 aliphatic heterocycles. The summed E-state index contributed by atoms with van der Waals surface area (Å²) in [7, 11) is 0. The van der Waals surface area contributed by atoms with Gasteiger partial charge in [0, 0.05) is 23.6 Å². The molecule has 0 bridgehead atoms. The van der Waals surface area contributed by atoms with Crippen LogP contribution in [-0.2, 0) is 22.5 Å². The van der Waals surface area contributed by atoms with E-state index in [1.807, 2.05) is 24.3 Å². The Balaban J connectivity index is 1.85. The molecular weight excluding hydrogens is 453 g/mol. The number of aliphatic carboxylic acids is 1. The smallest absolute Gasteiger partial charge is 0.333 e. The molecule has 6 nitrogen and oxygen atoms in total. The van der Waals surface area contributed by atoms with Gasteiger partial charge in [-0.3, -0.25) is 4.79 Å². The van der Waals surface area contributed by atoms with E-state index in [2.05, 4.69) is 5.32 Å². The van der Waals surface area contributed by atoms with Crippen molar-refractivity contribution < 1.29 is 23.8 Å². The van der Waals surface area contributed by atoms with Crippen molar-refractivity contribution in [2.75, 3.05) is 0 Å². The molecule has 0 fully saturated rings. The normalized spacial score (nSPS) is 12.0. The number of carbonyl (C=O) groups is 2. The highest BCUT2D eigenvalue weighted by molar-refractivity contribution is 6.36. The van der Waals surface area contributed by atoms with Crippen LogP contribution in [0.15, 0.2) is 59.2 Å². The molecule has 0 saturated carbocycles. The minimum Gasteiger partial charge on any atom is -0.479 e. The molecule has 1 aromatic heterocycles. The van der Waals surface area contributed by atoms with Crippen molar-refractivity contribution in [3.05, 3.63) is 81.5 Å². The molecule has 1 unspecified atom stereocenters. The molecule has 0 saturated heterocycles. The van der Waals surface area contributed by atoms with Crippen LogP contribution in [-0.4, -0.2) is 29.2 Å². The minimum atomic E-state index is -1.03. The summed E-state index contributed by atoms with van der Waals surface area (Å²) in [6, 6.07) is 13.8. The summed E-state index contributed by atoms with van der Waals surface area (Å²) in [5.41, 5.74) is 2.63. The van der Waals surface area contributed by atoms with Crippen molar-refractivity contribution in [1.29, 1.82) is 0 Å². The zero-order valence-corrected chi connectivity index (χ0v) is 19.1. The van der Waals surface area contributed by atoms with E-state index in [1.165, 1.54) is 6.07 Å². The van der Waals surface area contributed by atoms with Gasteiger partial charge in [-0.2, -0.15) is 0 Å². The van der Waals surface area contributed by atoms with E-state index >= 15 is 0 Å². The second-order valence-electron chi connectivity index (χ2n) is 7.49. The van der Waals surface area contributed by atoms with Crippen molar-refractivity contribution >= 4 is 35.1 Å². The van der Waals surface area contributed by atoms with Gasteiger partial charge in [-0.1, -0.05) is 41.4 Å². The van der Waals surface area contributed by atoms with Crippen molar-refractivity contribution in [1.82, 2.24) is 5.32 Å². The maximum Gasteiger partial charge on any atom is 0.333 e. The second kappa shape index (κ2) is 10.7. The predicted octanol–water partition coefficient (Wildman–Crippen LogP) is 5.60. The SMILES string of the molecule is CC(C)OC(Cc1ccc(-c2ccco2)c(CNC(=O)c2ccc(Cl)cc2Cl)c1)C(=O)O. The van der Waals surface area contributed by atoms with Crippen LogP contribution in [0.5, 0.6) is 0 Å².